The summed E-state index contributed by atoms with van der Waals surface area (Å²) in [6, 6.07) is 24.0. The molecule has 2 aliphatic rings. The van der Waals surface area contributed by atoms with E-state index in [0.29, 0.717) is 18.1 Å². The van der Waals surface area contributed by atoms with Crippen molar-refractivity contribution in [1.29, 1.82) is 0 Å². The molecule has 6 rings (SSSR count). The first kappa shape index (κ1) is 24.6. The lowest BCUT2D eigenvalue weighted by atomic mass is 10.0. The van der Waals surface area contributed by atoms with Crippen LogP contribution in [0.25, 0.3) is 10.8 Å². The fourth-order valence-electron chi connectivity index (χ4n) is 5.61. The van der Waals surface area contributed by atoms with Gasteiger partial charge in [-0.1, -0.05) is 42.5 Å². The predicted molar refractivity (Wildman–Crippen MR) is 153 cm³/mol. The average molecular weight is 526 g/mol. The Morgan fingerprint density at radius 1 is 1.08 bits per heavy atom. The highest BCUT2D eigenvalue weighted by Gasteiger charge is 2.41. The molecule has 2 aliphatic heterocycles. The van der Waals surface area contributed by atoms with Crippen molar-refractivity contribution >= 4 is 39.7 Å². The van der Waals surface area contributed by atoms with Crippen molar-refractivity contribution in [3.63, 3.8) is 0 Å². The monoisotopic (exact) mass is 525 g/mol. The molecule has 2 aromatic heterocycles. The molecule has 38 heavy (non-hydrogen) atoms. The summed E-state index contributed by atoms with van der Waals surface area (Å²) < 4.78 is 8.20. The molecule has 0 spiro atoms. The summed E-state index contributed by atoms with van der Waals surface area (Å²) in [5.41, 5.74) is 2.88. The Labute approximate surface area is 227 Å². The number of benzene rings is 2. The number of hydrogen-bond acceptors (Lipinski definition) is 4. The minimum Gasteiger partial charge on any atom is -0.376 e. The fraction of sp³-hybridized carbons (Fsp3) is 0.300. The van der Waals surface area contributed by atoms with Crippen LogP contribution in [0, 0.1) is 0 Å². The number of hydrogen-bond donors (Lipinski definition) is 2. The molecule has 0 bridgehead atoms. The summed E-state index contributed by atoms with van der Waals surface area (Å²) in [5, 5.41) is 9.37. The van der Waals surface area contributed by atoms with Gasteiger partial charge in [0.1, 0.15) is 0 Å². The van der Waals surface area contributed by atoms with E-state index in [1.54, 1.807) is 0 Å². The van der Waals surface area contributed by atoms with Crippen LogP contribution in [0.4, 0.5) is 5.69 Å². The molecule has 1 amide bonds. The molecule has 2 fully saturated rings. The van der Waals surface area contributed by atoms with Crippen LogP contribution < -0.4 is 10.6 Å². The Kier molecular flexibility index (Phi) is 7.07. The second-order valence-electron chi connectivity index (χ2n) is 9.87. The number of nitrogens with one attached hydrogen (secondary N) is 2. The quantitative estimate of drug-likeness (QED) is 0.308. The number of carbonyl (C=O) groups is 1. The number of carbonyl (C=O) groups excluding carboxylic acids is 1. The van der Waals surface area contributed by atoms with E-state index in [-0.39, 0.29) is 24.1 Å². The lowest BCUT2D eigenvalue weighted by Crippen LogP contribution is -2.33. The van der Waals surface area contributed by atoms with Gasteiger partial charge in [-0.2, -0.15) is 0 Å². The molecule has 3 atom stereocenters. The van der Waals surface area contributed by atoms with Crippen LogP contribution in [0.15, 0.2) is 85.2 Å². The van der Waals surface area contributed by atoms with Crippen LogP contribution >= 0.6 is 12.2 Å². The van der Waals surface area contributed by atoms with Gasteiger partial charge in [0.05, 0.1) is 23.9 Å². The highest BCUT2D eigenvalue weighted by Crippen LogP contribution is 2.39. The number of aromatic nitrogens is 2. The van der Waals surface area contributed by atoms with Crippen LogP contribution in [-0.2, 0) is 16.1 Å². The lowest BCUT2D eigenvalue weighted by Gasteiger charge is -2.29. The van der Waals surface area contributed by atoms with Crippen molar-refractivity contribution in [2.45, 2.75) is 44.0 Å². The van der Waals surface area contributed by atoms with Crippen LogP contribution in [0.5, 0.6) is 0 Å². The Hall–Kier alpha value is -3.75. The molecule has 2 saturated heterocycles. The number of amides is 1. The molecule has 2 N–H and O–H groups in total. The van der Waals surface area contributed by atoms with Crippen molar-refractivity contribution in [3.8, 4) is 0 Å². The maximum Gasteiger partial charge on any atom is 0.226 e. The van der Waals surface area contributed by atoms with Gasteiger partial charge in [-0.3, -0.25) is 9.78 Å². The van der Waals surface area contributed by atoms with Gasteiger partial charge in [-0.25, -0.2) is 0 Å². The number of ether oxygens (including phenoxy) is 1. The van der Waals surface area contributed by atoms with Gasteiger partial charge < -0.3 is 24.8 Å². The standard InChI is InChI=1S/C30H31N5O2S/c36-27(32-24-13-5-9-21-8-1-2-11-23(21)24)15-18-35-29(28(33-30(35)38)25-12-3-4-16-31-25)26-14-6-17-34(26)20-22-10-7-19-37-22/h1-6,8-9,11-14,16-17,22,28-29H,7,10,15,18-20H2,(H,32,36)(H,33,38)/t22-,28-,29+/m0/s1. The number of anilines is 1. The molecule has 7 nitrogen and oxygen atoms in total. The van der Waals surface area contributed by atoms with Gasteiger partial charge in [-0.05, 0) is 60.8 Å². The van der Waals surface area contributed by atoms with E-state index >= 15 is 0 Å². The van der Waals surface area contributed by atoms with Crippen molar-refractivity contribution in [3.05, 3.63) is 96.6 Å². The van der Waals surface area contributed by atoms with E-state index < -0.39 is 0 Å². The molecular formula is C30H31N5O2S. The van der Waals surface area contributed by atoms with Crippen LogP contribution in [0.2, 0.25) is 0 Å². The number of rotatable bonds is 8. The summed E-state index contributed by atoms with van der Waals surface area (Å²) in [6.45, 7) is 2.11. The first-order chi connectivity index (χ1) is 18.7. The number of nitrogens with zero attached hydrogens (tertiary/aromatic N) is 3. The Morgan fingerprint density at radius 3 is 2.79 bits per heavy atom. The van der Waals surface area contributed by atoms with Crippen molar-refractivity contribution in [1.82, 2.24) is 19.8 Å². The molecule has 4 heterocycles. The van der Waals surface area contributed by atoms with Crippen LogP contribution in [0.1, 0.15) is 42.7 Å². The van der Waals surface area contributed by atoms with E-state index in [9.17, 15) is 4.79 Å². The zero-order valence-electron chi connectivity index (χ0n) is 21.1. The minimum absolute atomic E-state index is 0.0427. The summed E-state index contributed by atoms with van der Waals surface area (Å²) >= 11 is 5.82. The lowest BCUT2D eigenvalue weighted by molar-refractivity contribution is -0.116. The first-order valence-corrected chi connectivity index (χ1v) is 13.6. The zero-order valence-corrected chi connectivity index (χ0v) is 21.9. The molecule has 0 unspecified atom stereocenters. The fourth-order valence-corrected chi connectivity index (χ4v) is 5.94. The van der Waals surface area contributed by atoms with Crippen molar-refractivity contribution in [2.75, 3.05) is 18.5 Å². The summed E-state index contributed by atoms with van der Waals surface area (Å²) in [6.07, 6.45) is 6.62. The summed E-state index contributed by atoms with van der Waals surface area (Å²) in [5.74, 6) is -0.0427. The van der Waals surface area contributed by atoms with Gasteiger partial charge >= 0.3 is 0 Å². The SMILES string of the molecule is O=C(CCN1C(=S)N[C@@H](c2ccccn2)[C@H]1c1cccn1C[C@@H]1CCCO1)Nc1cccc2ccccc12. The van der Waals surface area contributed by atoms with E-state index in [1.807, 2.05) is 66.9 Å². The minimum atomic E-state index is -0.122. The van der Waals surface area contributed by atoms with Gasteiger partial charge in [0, 0.05) is 55.3 Å². The Balaban J connectivity index is 1.24. The Bertz CT molecular complexity index is 1430. The van der Waals surface area contributed by atoms with E-state index in [1.165, 1.54) is 0 Å². The largest absolute Gasteiger partial charge is 0.376 e. The number of pyridine rings is 1. The topological polar surface area (TPSA) is 71.4 Å². The smallest absolute Gasteiger partial charge is 0.226 e. The molecule has 194 valence electrons. The maximum atomic E-state index is 13.1. The normalized spacial score (nSPS) is 21.1. The third-order valence-corrected chi connectivity index (χ3v) is 7.79. The van der Waals surface area contributed by atoms with Crippen molar-refractivity contribution in [2.24, 2.45) is 0 Å². The summed E-state index contributed by atoms with van der Waals surface area (Å²) in [7, 11) is 0. The maximum absolute atomic E-state index is 13.1. The number of fused-ring (bicyclic) bond motifs is 1. The van der Waals surface area contributed by atoms with E-state index in [2.05, 4.69) is 43.4 Å². The van der Waals surface area contributed by atoms with Gasteiger partial charge in [0.15, 0.2) is 5.11 Å². The predicted octanol–water partition coefficient (Wildman–Crippen LogP) is 5.22. The molecule has 0 aliphatic carbocycles. The molecule has 4 aromatic rings. The number of thiocarbonyl (C=S) groups is 1. The van der Waals surface area contributed by atoms with Crippen LogP contribution in [-0.4, -0.2) is 44.7 Å². The third-order valence-electron chi connectivity index (χ3n) is 7.43. The van der Waals surface area contributed by atoms with Gasteiger partial charge in [0.25, 0.3) is 0 Å². The third kappa shape index (κ3) is 5.01. The second kappa shape index (κ2) is 10.9. The molecule has 2 aromatic carbocycles. The zero-order chi connectivity index (χ0) is 25.9. The summed E-state index contributed by atoms with van der Waals surface area (Å²) in [4.78, 5) is 19.9. The highest BCUT2D eigenvalue weighted by atomic mass is 32.1. The first-order valence-electron chi connectivity index (χ1n) is 13.2. The van der Waals surface area contributed by atoms with Gasteiger partial charge in [0.2, 0.25) is 5.91 Å². The van der Waals surface area contributed by atoms with E-state index in [4.69, 9.17) is 17.0 Å². The average Bonchev–Trinajstić information content (AvgIpc) is 3.69. The second-order valence-corrected chi connectivity index (χ2v) is 10.3. The molecular weight excluding hydrogens is 494 g/mol. The molecule has 0 radical (unpaired) electrons. The Morgan fingerprint density at radius 2 is 1.95 bits per heavy atom. The highest BCUT2D eigenvalue weighted by molar-refractivity contribution is 7.80. The van der Waals surface area contributed by atoms with Crippen LogP contribution in [0.3, 0.4) is 0 Å². The molecule has 8 heteroatoms. The molecule has 0 saturated carbocycles. The van der Waals surface area contributed by atoms with Crippen molar-refractivity contribution < 1.29 is 9.53 Å². The van der Waals surface area contributed by atoms with E-state index in [0.717, 1.165) is 53.8 Å². The van der Waals surface area contributed by atoms with Gasteiger partial charge in [-0.15, -0.1) is 0 Å².